The summed E-state index contributed by atoms with van der Waals surface area (Å²) in [6.07, 6.45) is 0. The Hall–Kier alpha value is -3.84. The van der Waals surface area contributed by atoms with Crippen molar-refractivity contribution in [3.8, 4) is 33.9 Å². The molecule has 1 aliphatic rings. The zero-order chi connectivity index (χ0) is 29.9. The average Bonchev–Trinajstić information content (AvgIpc) is 3.32. The molecule has 0 radical (unpaired) electrons. The lowest BCUT2D eigenvalue weighted by molar-refractivity contribution is 0.134. The van der Waals surface area contributed by atoms with E-state index in [2.05, 4.69) is 45.7 Å². The van der Waals surface area contributed by atoms with E-state index in [1.807, 2.05) is 62.5 Å². The molecule has 6 rings (SSSR count). The predicted molar refractivity (Wildman–Crippen MR) is 174 cm³/mol. The first-order valence-corrected chi connectivity index (χ1v) is 15.2. The molecule has 0 spiro atoms. The SMILES string of the molecule is Cc1c(-c2c(-c3ccc(F)cc3)n(C)c3cccc(OCc4ccccc4)c23)ccc(OCCN2CCN(C)CC2)c1Cl. The van der Waals surface area contributed by atoms with Crippen molar-refractivity contribution in [2.75, 3.05) is 46.4 Å². The minimum atomic E-state index is -0.270. The zero-order valence-corrected chi connectivity index (χ0v) is 25.7. The number of nitrogens with zero attached hydrogens (tertiary/aromatic N) is 3. The number of aryl methyl sites for hydroxylation is 1. The van der Waals surface area contributed by atoms with E-state index in [0.29, 0.717) is 24.0 Å². The predicted octanol–water partition coefficient (Wildman–Crippen LogP) is 7.82. The van der Waals surface area contributed by atoms with Crippen molar-refractivity contribution in [3.63, 3.8) is 0 Å². The van der Waals surface area contributed by atoms with Gasteiger partial charge in [0.15, 0.2) is 0 Å². The van der Waals surface area contributed by atoms with Crippen LogP contribution in [0.4, 0.5) is 4.39 Å². The summed E-state index contributed by atoms with van der Waals surface area (Å²) in [4.78, 5) is 4.78. The van der Waals surface area contributed by atoms with Gasteiger partial charge >= 0.3 is 0 Å². The Morgan fingerprint density at radius 2 is 1.53 bits per heavy atom. The van der Waals surface area contributed by atoms with Gasteiger partial charge in [-0.1, -0.05) is 54.1 Å². The third-order valence-electron chi connectivity index (χ3n) is 8.42. The lowest BCUT2D eigenvalue weighted by atomic mass is 9.94. The fourth-order valence-corrected chi connectivity index (χ4v) is 6.14. The van der Waals surface area contributed by atoms with Crippen LogP contribution in [0.2, 0.25) is 5.02 Å². The van der Waals surface area contributed by atoms with Crippen molar-refractivity contribution < 1.29 is 13.9 Å². The third-order valence-corrected chi connectivity index (χ3v) is 8.89. The standard InChI is InChI=1S/C36H37ClFN3O2/c1-25-29(16-17-32(35(25)37)42-23-22-41-20-18-39(2)19-21-41)33-34-30(40(3)36(33)27-12-14-28(38)15-13-27)10-7-11-31(34)43-24-26-8-5-4-6-9-26/h4-17H,18-24H2,1-3H3. The number of halogens is 2. The second kappa shape index (κ2) is 12.8. The van der Waals surface area contributed by atoms with Crippen LogP contribution in [0.1, 0.15) is 11.1 Å². The summed E-state index contributed by atoms with van der Waals surface area (Å²) in [5, 5.41) is 1.59. The molecule has 0 N–H and O–H groups in total. The van der Waals surface area contributed by atoms with Crippen molar-refractivity contribution >= 4 is 22.5 Å². The Bertz CT molecular complexity index is 1710. The number of benzene rings is 4. The molecule has 0 aliphatic carbocycles. The Morgan fingerprint density at radius 1 is 0.791 bits per heavy atom. The molecule has 1 aromatic heterocycles. The van der Waals surface area contributed by atoms with Gasteiger partial charge in [0.1, 0.15) is 30.5 Å². The summed E-state index contributed by atoms with van der Waals surface area (Å²) in [7, 11) is 4.20. The molecule has 0 atom stereocenters. The lowest BCUT2D eigenvalue weighted by Gasteiger charge is -2.32. The first-order chi connectivity index (χ1) is 20.9. The molecule has 2 heterocycles. The molecule has 0 amide bonds. The van der Waals surface area contributed by atoms with Gasteiger partial charge in [0.25, 0.3) is 0 Å². The molecule has 7 heteroatoms. The van der Waals surface area contributed by atoms with Crippen LogP contribution in [-0.2, 0) is 13.7 Å². The molecule has 1 fully saturated rings. The maximum atomic E-state index is 14.0. The maximum Gasteiger partial charge on any atom is 0.138 e. The van der Waals surface area contributed by atoms with E-state index in [9.17, 15) is 4.39 Å². The zero-order valence-electron chi connectivity index (χ0n) is 24.9. The fourth-order valence-electron chi connectivity index (χ4n) is 5.92. The molecule has 222 valence electrons. The van der Waals surface area contributed by atoms with E-state index < -0.39 is 0 Å². The largest absolute Gasteiger partial charge is 0.491 e. The smallest absolute Gasteiger partial charge is 0.138 e. The molecule has 43 heavy (non-hydrogen) atoms. The number of ether oxygens (including phenoxy) is 2. The number of rotatable bonds is 9. The van der Waals surface area contributed by atoms with Gasteiger partial charge in [-0.3, -0.25) is 4.90 Å². The van der Waals surface area contributed by atoms with Gasteiger partial charge in [0.05, 0.1) is 21.6 Å². The van der Waals surface area contributed by atoms with Crippen LogP contribution in [0.5, 0.6) is 11.5 Å². The van der Waals surface area contributed by atoms with Crippen LogP contribution in [0.25, 0.3) is 33.3 Å². The molecule has 0 bridgehead atoms. The molecule has 0 unspecified atom stereocenters. The van der Waals surface area contributed by atoms with Crippen molar-refractivity contribution in [3.05, 3.63) is 107 Å². The summed E-state index contributed by atoms with van der Waals surface area (Å²) in [5.74, 6) is 1.19. The molecule has 0 saturated carbocycles. The Labute approximate surface area is 258 Å². The van der Waals surface area contributed by atoms with Gasteiger partial charge in [-0.2, -0.15) is 0 Å². The second-order valence-corrected chi connectivity index (χ2v) is 11.6. The summed E-state index contributed by atoms with van der Waals surface area (Å²) >= 11 is 7.01. The first kappa shape index (κ1) is 29.2. The van der Waals surface area contributed by atoms with Crippen LogP contribution >= 0.6 is 11.6 Å². The van der Waals surface area contributed by atoms with Crippen LogP contribution < -0.4 is 9.47 Å². The Kier molecular flexibility index (Phi) is 8.70. The lowest BCUT2D eigenvalue weighted by Crippen LogP contribution is -2.45. The number of aromatic nitrogens is 1. The van der Waals surface area contributed by atoms with Crippen molar-refractivity contribution in [2.45, 2.75) is 13.5 Å². The van der Waals surface area contributed by atoms with Gasteiger partial charge in [-0.25, -0.2) is 4.39 Å². The minimum absolute atomic E-state index is 0.270. The monoisotopic (exact) mass is 597 g/mol. The van der Waals surface area contributed by atoms with Gasteiger partial charge < -0.3 is 18.9 Å². The van der Waals surface area contributed by atoms with Gasteiger partial charge in [0.2, 0.25) is 0 Å². The van der Waals surface area contributed by atoms with E-state index in [-0.39, 0.29) is 5.82 Å². The number of likely N-dealkylation sites (N-methyl/N-ethyl adjacent to an activating group) is 1. The maximum absolute atomic E-state index is 14.0. The summed E-state index contributed by atoms with van der Waals surface area (Å²) in [6, 6.07) is 27.0. The first-order valence-electron chi connectivity index (χ1n) is 14.8. The Balaban J connectivity index is 1.40. The average molecular weight is 598 g/mol. The molecule has 1 aliphatic heterocycles. The highest BCUT2D eigenvalue weighted by atomic mass is 35.5. The van der Waals surface area contributed by atoms with Crippen LogP contribution in [0.15, 0.2) is 84.9 Å². The van der Waals surface area contributed by atoms with E-state index in [0.717, 1.165) is 82.9 Å². The quantitative estimate of drug-likeness (QED) is 0.173. The number of hydrogen-bond donors (Lipinski definition) is 0. The van der Waals surface area contributed by atoms with E-state index in [1.165, 1.54) is 12.1 Å². The topological polar surface area (TPSA) is 29.9 Å². The summed E-state index contributed by atoms with van der Waals surface area (Å²) < 4.78 is 28.8. The van der Waals surface area contributed by atoms with E-state index in [1.54, 1.807) is 0 Å². The number of hydrogen-bond acceptors (Lipinski definition) is 4. The molecule has 5 nitrogen and oxygen atoms in total. The molecule has 4 aromatic carbocycles. The van der Waals surface area contributed by atoms with Gasteiger partial charge in [-0.15, -0.1) is 0 Å². The van der Waals surface area contributed by atoms with E-state index >= 15 is 0 Å². The van der Waals surface area contributed by atoms with Crippen LogP contribution in [0, 0.1) is 12.7 Å². The molecule has 5 aromatic rings. The molecular weight excluding hydrogens is 561 g/mol. The van der Waals surface area contributed by atoms with Gasteiger partial charge in [-0.05, 0) is 78.7 Å². The summed E-state index contributed by atoms with van der Waals surface area (Å²) in [6.45, 7) is 8.17. The molecule has 1 saturated heterocycles. The van der Waals surface area contributed by atoms with Gasteiger partial charge in [0, 0.05) is 45.3 Å². The highest BCUT2D eigenvalue weighted by molar-refractivity contribution is 6.33. The third kappa shape index (κ3) is 6.14. The van der Waals surface area contributed by atoms with Crippen LogP contribution in [-0.4, -0.2) is 60.7 Å². The van der Waals surface area contributed by atoms with E-state index in [4.69, 9.17) is 21.1 Å². The highest BCUT2D eigenvalue weighted by Crippen LogP contribution is 2.47. The highest BCUT2D eigenvalue weighted by Gasteiger charge is 2.24. The molecular formula is C36H37ClFN3O2. The minimum Gasteiger partial charge on any atom is -0.491 e. The normalized spacial score (nSPS) is 14.3. The van der Waals surface area contributed by atoms with Crippen LogP contribution in [0.3, 0.4) is 0 Å². The number of fused-ring (bicyclic) bond motifs is 1. The van der Waals surface area contributed by atoms with Crippen molar-refractivity contribution in [2.24, 2.45) is 7.05 Å². The fraction of sp³-hybridized carbons (Fsp3) is 0.278. The second-order valence-electron chi connectivity index (χ2n) is 11.3. The number of piperazine rings is 1. The van der Waals surface area contributed by atoms with Crippen molar-refractivity contribution in [1.29, 1.82) is 0 Å². The Morgan fingerprint density at radius 3 is 2.28 bits per heavy atom. The summed E-state index contributed by atoms with van der Waals surface area (Å²) in [5.41, 5.74) is 6.89. The van der Waals surface area contributed by atoms with Crippen molar-refractivity contribution in [1.82, 2.24) is 14.4 Å².